The molecule has 0 saturated heterocycles. The first kappa shape index (κ1) is 15.7. The monoisotopic (exact) mass is 287 g/mol. The van der Waals surface area contributed by atoms with Gasteiger partial charge >= 0.3 is 0 Å². The minimum absolute atomic E-state index is 0.00626. The van der Waals surface area contributed by atoms with E-state index < -0.39 is 10.0 Å². The molecule has 0 aromatic heterocycles. The fourth-order valence-electron chi connectivity index (χ4n) is 1.54. The fourth-order valence-corrected chi connectivity index (χ4v) is 2.48. The number of hydrogen-bond acceptors (Lipinski definition) is 5. The smallest absolute Gasteiger partial charge is 0.242 e. The van der Waals surface area contributed by atoms with Crippen LogP contribution >= 0.6 is 0 Å². The molecule has 19 heavy (non-hydrogen) atoms. The Hall–Kier alpha value is -1.31. The van der Waals surface area contributed by atoms with Gasteiger partial charge in [-0.15, -0.1) is 0 Å². The van der Waals surface area contributed by atoms with Crippen molar-refractivity contribution in [2.75, 3.05) is 31.8 Å². The lowest BCUT2D eigenvalue weighted by Crippen LogP contribution is -2.24. The van der Waals surface area contributed by atoms with Gasteiger partial charge in [-0.1, -0.05) is 6.92 Å². The zero-order valence-corrected chi connectivity index (χ0v) is 12.2. The lowest BCUT2D eigenvalue weighted by atomic mass is 10.2. The summed E-state index contributed by atoms with van der Waals surface area (Å²) >= 11 is 0. The Bertz CT molecular complexity index is 525. The van der Waals surface area contributed by atoms with Gasteiger partial charge in [0.15, 0.2) is 0 Å². The first-order valence-electron chi connectivity index (χ1n) is 6.02. The van der Waals surface area contributed by atoms with Crippen LogP contribution in [0.4, 0.5) is 11.4 Å². The molecule has 0 amide bonds. The maximum absolute atomic E-state index is 11.9. The second kappa shape index (κ2) is 6.23. The Morgan fingerprint density at radius 3 is 2.47 bits per heavy atom. The van der Waals surface area contributed by atoms with Crippen molar-refractivity contribution in [2.45, 2.75) is 24.3 Å². The van der Waals surface area contributed by atoms with Gasteiger partial charge in [0.2, 0.25) is 10.0 Å². The molecule has 6 nitrogen and oxygen atoms in total. The minimum Gasteiger partial charge on any atom is -0.397 e. The van der Waals surface area contributed by atoms with Crippen molar-refractivity contribution in [1.82, 2.24) is 4.31 Å². The number of nitrogen functional groups attached to an aromatic ring is 1. The SMILES string of the molecule is CCC(CO)Nc1ccc(S(=O)(=O)N(C)C)cc1N. The molecular weight excluding hydrogens is 266 g/mol. The molecule has 0 aliphatic heterocycles. The van der Waals surface area contributed by atoms with E-state index in [9.17, 15) is 8.42 Å². The van der Waals surface area contributed by atoms with Crippen molar-refractivity contribution >= 4 is 21.4 Å². The van der Waals surface area contributed by atoms with Gasteiger partial charge in [0, 0.05) is 20.1 Å². The first-order valence-corrected chi connectivity index (χ1v) is 7.46. The molecule has 0 aliphatic rings. The Morgan fingerprint density at radius 2 is 2.05 bits per heavy atom. The van der Waals surface area contributed by atoms with E-state index in [1.165, 1.54) is 26.2 Å². The summed E-state index contributed by atoms with van der Waals surface area (Å²) in [5.41, 5.74) is 6.81. The van der Waals surface area contributed by atoms with E-state index in [2.05, 4.69) is 5.32 Å². The third kappa shape index (κ3) is 3.59. The molecule has 0 aliphatic carbocycles. The van der Waals surface area contributed by atoms with Crippen LogP contribution in [0, 0.1) is 0 Å². The molecule has 1 rings (SSSR count). The van der Waals surface area contributed by atoms with E-state index in [0.29, 0.717) is 11.4 Å². The van der Waals surface area contributed by atoms with Crippen molar-refractivity contribution in [3.05, 3.63) is 18.2 Å². The van der Waals surface area contributed by atoms with E-state index in [0.717, 1.165) is 10.7 Å². The van der Waals surface area contributed by atoms with Gasteiger partial charge in [0.05, 0.1) is 22.9 Å². The van der Waals surface area contributed by atoms with E-state index in [1.54, 1.807) is 6.07 Å². The minimum atomic E-state index is -3.48. The summed E-state index contributed by atoms with van der Waals surface area (Å²) in [7, 11) is -0.542. The number of aliphatic hydroxyl groups excluding tert-OH is 1. The number of sulfonamides is 1. The summed E-state index contributed by atoms with van der Waals surface area (Å²) in [6.45, 7) is 1.93. The van der Waals surface area contributed by atoms with E-state index in [-0.39, 0.29) is 17.5 Å². The second-order valence-corrected chi connectivity index (χ2v) is 6.62. The number of rotatable bonds is 6. The Kier molecular flexibility index (Phi) is 5.16. The van der Waals surface area contributed by atoms with Crippen LogP contribution in [0.25, 0.3) is 0 Å². The molecule has 1 aromatic rings. The number of nitrogens with two attached hydrogens (primary N) is 1. The molecule has 4 N–H and O–H groups in total. The maximum atomic E-state index is 11.9. The number of nitrogens with zero attached hydrogens (tertiary/aromatic N) is 1. The van der Waals surface area contributed by atoms with Crippen molar-refractivity contribution in [2.24, 2.45) is 0 Å². The molecule has 1 aromatic carbocycles. The predicted octanol–water partition coefficient (Wildman–Crippen LogP) is 0.702. The Morgan fingerprint density at radius 1 is 1.42 bits per heavy atom. The fraction of sp³-hybridized carbons (Fsp3) is 0.500. The predicted molar refractivity (Wildman–Crippen MR) is 76.5 cm³/mol. The summed E-state index contributed by atoms with van der Waals surface area (Å²) in [6, 6.07) is 4.43. The highest BCUT2D eigenvalue weighted by molar-refractivity contribution is 7.89. The molecule has 0 radical (unpaired) electrons. The quantitative estimate of drug-likeness (QED) is 0.669. The highest BCUT2D eigenvalue weighted by atomic mass is 32.2. The van der Waals surface area contributed by atoms with Crippen LogP contribution < -0.4 is 11.1 Å². The molecule has 1 atom stereocenters. The molecule has 0 heterocycles. The number of anilines is 2. The van der Waals surface area contributed by atoms with Crippen LogP contribution in [0.15, 0.2) is 23.1 Å². The van der Waals surface area contributed by atoms with Crippen LogP contribution in [0.1, 0.15) is 13.3 Å². The van der Waals surface area contributed by atoms with E-state index in [1.807, 2.05) is 6.92 Å². The highest BCUT2D eigenvalue weighted by Crippen LogP contribution is 2.24. The van der Waals surface area contributed by atoms with Gasteiger partial charge in [-0.3, -0.25) is 0 Å². The summed E-state index contributed by atoms with van der Waals surface area (Å²) in [5, 5.41) is 12.2. The normalized spacial score (nSPS) is 13.5. The van der Waals surface area contributed by atoms with Crippen molar-refractivity contribution in [3.8, 4) is 0 Å². The molecular formula is C12H21N3O3S. The number of benzene rings is 1. The largest absolute Gasteiger partial charge is 0.397 e. The summed E-state index contributed by atoms with van der Waals surface area (Å²) < 4.78 is 25.0. The zero-order valence-electron chi connectivity index (χ0n) is 11.4. The van der Waals surface area contributed by atoms with Gasteiger partial charge in [-0.25, -0.2) is 12.7 Å². The summed E-state index contributed by atoms with van der Waals surface area (Å²) in [6.07, 6.45) is 0.744. The van der Waals surface area contributed by atoms with Gasteiger partial charge in [-0.2, -0.15) is 0 Å². The van der Waals surface area contributed by atoms with Gasteiger partial charge in [0.25, 0.3) is 0 Å². The van der Waals surface area contributed by atoms with Crippen LogP contribution in [0.2, 0.25) is 0 Å². The lowest BCUT2D eigenvalue weighted by Gasteiger charge is -2.18. The maximum Gasteiger partial charge on any atom is 0.242 e. The van der Waals surface area contributed by atoms with Crippen LogP contribution in [0.3, 0.4) is 0 Å². The molecule has 0 bridgehead atoms. The van der Waals surface area contributed by atoms with Crippen LogP contribution in [0.5, 0.6) is 0 Å². The Labute approximate surface area is 114 Å². The first-order chi connectivity index (χ1) is 8.82. The third-order valence-corrected chi connectivity index (χ3v) is 4.69. The van der Waals surface area contributed by atoms with Crippen LogP contribution in [-0.2, 0) is 10.0 Å². The van der Waals surface area contributed by atoms with Gasteiger partial charge in [-0.05, 0) is 24.6 Å². The van der Waals surface area contributed by atoms with Gasteiger partial charge in [0.1, 0.15) is 0 Å². The van der Waals surface area contributed by atoms with Crippen molar-refractivity contribution < 1.29 is 13.5 Å². The molecule has 0 spiro atoms. The zero-order chi connectivity index (χ0) is 14.6. The number of hydrogen-bond donors (Lipinski definition) is 3. The van der Waals surface area contributed by atoms with Crippen LogP contribution in [-0.4, -0.2) is 44.6 Å². The second-order valence-electron chi connectivity index (χ2n) is 4.47. The molecule has 0 fully saturated rings. The molecule has 108 valence electrons. The van der Waals surface area contributed by atoms with Crippen molar-refractivity contribution in [1.29, 1.82) is 0 Å². The van der Waals surface area contributed by atoms with Crippen molar-refractivity contribution in [3.63, 3.8) is 0 Å². The van der Waals surface area contributed by atoms with E-state index >= 15 is 0 Å². The van der Waals surface area contributed by atoms with E-state index in [4.69, 9.17) is 10.8 Å². The standard InChI is InChI=1S/C12H21N3O3S/c1-4-9(8-16)14-12-6-5-10(7-11(12)13)19(17,18)15(2)3/h5-7,9,14,16H,4,8,13H2,1-3H3. The molecule has 0 saturated carbocycles. The van der Waals surface area contributed by atoms with Gasteiger partial charge < -0.3 is 16.2 Å². The topological polar surface area (TPSA) is 95.7 Å². The Balaban J connectivity index is 3.05. The molecule has 1 unspecified atom stereocenters. The molecule has 7 heteroatoms. The third-order valence-electron chi connectivity index (χ3n) is 2.87. The number of aliphatic hydroxyl groups is 1. The summed E-state index contributed by atoms with van der Waals surface area (Å²) in [4.78, 5) is 0.151. The average Bonchev–Trinajstić information content (AvgIpc) is 2.37. The lowest BCUT2D eigenvalue weighted by molar-refractivity contribution is 0.272. The summed E-state index contributed by atoms with van der Waals surface area (Å²) in [5.74, 6) is 0. The highest BCUT2D eigenvalue weighted by Gasteiger charge is 2.18. The number of nitrogens with one attached hydrogen (secondary N) is 1. The average molecular weight is 287 g/mol.